The molecule has 0 aliphatic rings. The van der Waals surface area contributed by atoms with Gasteiger partial charge in [0, 0.05) is 5.75 Å². The number of esters is 1. The molecule has 0 aromatic rings. The Balaban J connectivity index is 0. The van der Waals surface area contributed by atoms with Gasteiger partial charge >= 0.3 is 35.5 Å². The van der Waals surface area contributed by atoms with Gasteiger partial charge in [-0.15, -0.1) is 0 Å². The molecule has 0 rings (SSSR count). The van der Waals surface area contributed by atoms with Crippen LogP contribution in [0.2, 0.25) is 0 Å². The Kier molecular flexibility index (Phi) is 8.49. The molecule has 66 valence electrons. The minimum atomic E-state index is -4.29. The van der Waals surface area contributed by atoms with E-state index in [9.17, 15) is 17.8 Å². The number of ether oxygens (including phenoxy) is 1. The number of carbonyl (C=O) groups excluding carboxylic acids is 1. The van der Waals surface area contributed by atoms with Crippen LogP contribution in [0.15, 0.2) is 0 Å². The fourth-order valence-electron chi connectivity index (χ4n) is 0.441. The Morgan fingerprint density at radius 3 is 2.33 bits per heavy atom. The summed E-state index contributed by atoms with van der Waals surface area (Å²) in [5.41, 5.74) is 0. The number of hydrogen-bond donors (Lipinski definition) is 0. The second-order valence-corrected chi connectivity index (χ2v) is 3.34. The van der Waals surface area contributed by atoms with E-state index in [1.807, 2.05) is 0 Å². The van der Waals surface area contributed by atoms with Gasteiger partial charge in [-0.1, -0.05) is 0 Å². The van der Waals surface area contributed by atoms with Crippen molar-refractivity contribution in [3.8, 4) is 0 Å². The second kappa shape index (κ2) is 6.85. The van der Waals surface area contributed by atoms with Crippen LogP contribution in [0.4, 0.5) is 0 Å². The maximum Gasteiger partial charge on any atom is 1.00 e. The molecule has 0 heterocycles. The third kappa shape index (κ3) is 10.4. The molecule has 0 unspecified atom stereocenters. The fourth-order valence-corrected chi connectivity index (χ4v) is 0.858. The largest absolute Gasteiger partial charge is 1.00 e. The van der Waals surface area contributed by atoms with Crippen molar-refractivity contribution in [2.45, 2.75) is 13.3 Å². The van der Waals surface area contributed by atoms with Crippen molar-refractivity contribution < 1.29 is 52.1 Å². The molecular weight excluding hydrogens is 195 g/mol. The Morgan fingerprint density at radius 2 is 2.00 bits per heavy atom. The third-order valence-electron chi connectivity index (χ3n) is 0.862. The van der Waals surface area contributed by atoms with Gasteiger partial charge in [-0.25, -0.2) is 8.42 Å². The number of hydrogen-bond acceptors (Lipinski definition) is 5. The third-order valence-corrected chi connectivity index (χ3v) is 1.57. The van der Waals surface area contributed by atoms with E-state index in [0.717, 1.165) is 0 Å². The molecule has 0 atom stereocenters. The molecule has 0 fully saturated rings. The minimum Gasteiger partial charge on any atom is -0.748 e. The zero-order valence-electron chi connectivity index (χ0n) is 7.07. The summed E-state index contributed by atoms with van der Waals surface area (Å²) in [6.45, 7) is 1.79. The van der Waals surface area contributed by atoms with Crippen LogP contribution in [0.1, 0.15) is 13.3 Å². The van der Waals surface area contributed by atoms with E-state index < -0.39 is 21.8 Å². The standard InChI is InChI=1S/C5H10O5S.Na/c1-2-10-5(6)3-4-11(7,8)9;/h2-4H2,1H3,(H,7,8,9);/q;+1/p-1. The van der Waals surface area contributed by atoms with Gasteiger partial charge in [-0.3, -0.25) is 4.79 Å². The molecule has 0 N–H and O–H groups in total. The Morgan fingerprint density at radius 1 is 1.50 bits per heavy atom. The Bertz CT molecular complexity index is 222. The van der Waals surface area contributed by atoms with E-state index >= 15 is 0 Å². The van der Waals surface area contributed by atoms with Crippen molar-refractivity contribution in [3.63, 3.8) is 0 Å². The SMILES string of the molecule is CCOC(=O)CCS(=O)(=O)[O-].[Na+]. The molecule has 0 saturated heterocycles. The molecule has 0 aromatic heterocycles. The Labute approximate surface area is 93.5 Å². The molecule has 0 aliphatic carbocycles. The zero-order chi connectivity index (χ0) is 8.91. The van der Waals surface area contributed by atoms with Crippen LogP contribution in [-0.2, 0) is 19.6 Å². The summed E-state index contributed by atoms with van der Waals surface area (Å²) in [6, 6.07) is 0. The maximum atomic E-state index is 10.5. The van der Waals surface area contributed by atoms with Crippen LogP contribution >= 0.6 is 0 Å². The summed E-state index contributed by atoms with van der Waals surface area (Å²) in [7, 11) is -4.29. The average Bonchev–Trinajstić information content (AvgIpc) is 1.83. The topological polar surface area (TPSA) is 83.5 Å². The first-order valence-corrected chi connectivity index (χ1v) is 4.62. The van der Waals surface area contributed by atoms with Gasteiger partial charge in [0.05, 0.1) is 23.1 Å². The summed E-state index contributed by atoms with van der Waals surface area (Å²) in [5, 5.41) is 0. The molecule has 12 heavy (non-hydrogen) atoms. The zero-order valence-corrected chi connectivity index (χ0v) is 9.89. The number of rotatable bonds is 4. The molecule has 5 nitrogen and oxygen atoms in total. The molecule has 0 saturated carbocycles. The minimum absolute atomic E-state index is 0. The molecule has 7 heteroatoms. The maximum absolute atomic E-state index is 10.5. The van der Waals surface area contributed by atoms with Crippen LogP contribution in [0.25, 0.3) is 0 Å². The van der Waals surface area contributed by atoms with Gasteiger partial charge in [0.1, 0.15) is 0 Å². The van der Waals surface area contributed by atoms with Crippen molar-refractivity contribution in [3.05, 3.63) is 0 Å². The molecule has 0 aromatic carbocycles. The second-order valence-electron chi connectivity index (χ2n) is 1.82. The summed E-state index contributed by atoms with van der Waals surface area (Å²) >= 11 is 0. The van der Waals surface area contributed by atoms with Crippen LogP contribution in [-0.4, -0.2) is 31.3 Å². The van der Waals surface area contributed by atoms with Gasteiger partial charge in [-0.05, 0) is 6.92 Å². The van der Waals surface area contributed by atoms with E-state index in [2.05, 4.69) is 4.74 Å². The quantitative estimate of drug-likeness (QED) is 0.269. The van der Waals surface area contributed by atoms with Gasteiger partial charge in [0.25, 0.3) is 0 Å². The molecule has 0 bridgehead atoms. The van der Waals surface area contributed by atoms with E-state index in [4.69, 9.17) is 0 Å². The Hall–Kier alpha value is 0.380. The normalized spacial score (nSPS) is 10.2. The van der Waals surface area contributed by atoms with Gasteiger partial charge < -0.3 is 9.29 Å². The van der Waals surface area contributed by atoms with Gasteiger partial charge in [-0.2, -0.15) is 0 Å². The van der Waals surface area contributed by atoms with Crippen LogP contribution in [0, 0.1) is 0 Å². The molecular formula is C5H9NaO5S. The molecule has 0 amide bonds. The van der Waals surface area contributed by atoms with Crippen LogP contribution in [0.3, 0.4) is 0 Å². The van der Waals surface area contributed by atoms with E-state index in [1.54, 1.807) is 6.92 Å². The average molecular weight is 204 g/mol. The van der Waals surface area contributed by atoms with E-state index in [0.29, 0.717) is 0 Å². The summed E-state index contributed by atoms with van der Waals surface area (Å²) in [4.78, 5) is 10.5. The summed E-state index contributed by atoms with van der Waals surface area (Å²) in [6.07, 6.45) is -0.361. The van der Waals surface area contributed by atoms with Crippen LogP contribution < -0.4 is 29.6 Å². The van der Waals surface area contributed by atoms with Crippen molar-refractivity contribution in [2.24, 2.45) is 0 Å². The van der Waals surface area contributed by atoms with Crippen molar-refractivity contribution >= 4 is 16.1 Å². The van der Waals surface area contributed by atoms with Crippen molar-refractivity contribution in [2.75, 3.05) is 12.4 Å². The fraction of sp³-hybridized carbons (Fsp3) is 0.800. The molecule has 0 aliphatic heterocycles. The van der Waals surface area contributed by atoms with Gasteiger partial charge in [0.15, 0.2) is 0 Å². The summed E-state index contributed by atoms with van der Waals surface area (Å²) in [5.74, 6) is -1.35. The van der Waals surface area contributed by atoms with Crippen molar-refractivity contribution in [1.82, 2.24) is 0 Å². The first kappa shape index (κ1) is 14.9. The van der Waals surface area contributed by atoms with E-state index in [-0.39, 0.29) is 42.6 Å². The number of carbonyl (C=O) groups is 1. The van der Waals surface area contributed by atoms with Gasteiger partial charge in [0.2, 0.25) is 0 Å². The predicted molar refractivity (Wildman–Crippen MR) is 35.8 cm³/mol. The monoisotopic (exact) mass is 204 g/mol. The van der Waals surface area contributed by atoms with Crippen LogP contribution in [0.5, 0.6) is 0 Å². The summed E-state index contributed by atoms with van der Waals surface area (Å²) < 4.78 is 34.3. The predicted octanol–water partition coefficient (Wildman–Crippen LogP) is -3.51. The molecule has 0 radical (unpaired) electrons. The van der Waals surface area contributed by atoms with E-state index in [1.165, 1.54) is 0 Å². The first-order valence-electron chi connectivity index (χ1n) is 3.05. The van der Waals surface area contributed by atoms with Crippen molar-refractivity contribution in [1.29, 1.82) is 0 Å². The first-order chi connectivity index (χ1) is 4.95. The smallest absolute Gasteiger partial charge is 0.748 e. The molecule has 0 spiro atoms.